The molecule has 1 aliphatic heterocycles. The van der Waals surface area contributed by atoms with Crippen LogP contribution in [0.25, 0.3) is 5.76 Å². The molecule has 2 aromatic rings. The number of methoxy groups -OCH3 is 1. The summed E-state index contributed by atoms with van der Waals surface area (Å²) in [6, 6.07) is 9.50. The molecule has 0 bridgehead atoms. The van der Waals surface area contributed by atoms with Crippen molar-refractivity contribution in [3.05, 3.63) is 59.1 Å². The van der Waals surface area contributed by atoms with E-state index < -0.39 is 17.7 Å². The topological polar surface area (TPSA) is 83.2 Å². The number of aliphatic hydroxyl groups is 1. The zero-order chi connectivity index (χ0) is 21.1. The van der Waals surface area contributed by atoms with Gasteiger partial charge >= 0.3 is 0 Å². The fourth-order valence-corrected chi connectivity index (χ4v) is 3.49. The molecule has 2 heterocycles. The van der Waals surface area contributed by atoms with Crippen molar-refractivity contribution in [3.63, 3.8) is 0 Å². The number of ether oxygens (including phenoxy) is 1. The van der Waals surface area contributed by atoms with Crippen molar-refractivity contribution >= 4 is 17.4 Å². The molecular formula is C22H26N2O5. The summed E-state index contributed by atoms with van der Waals surface area (Å²) < 4.78 is 11.0. The van der Waals surface area contributed by atoms with Gasteiger partial charge in [0, 0.05) is 12.1 Å². The number of hydrogen-bond donors (Lipinski definition) is 1. The summed E-state index contributed by atoms with van der Waals surface area (Å²) in [5.74, 6) is 0.0776. The van der Waals surface area contributed by atoms with Gasteiger partial charge in [-0.1, -0.05) is 12.1 Å². The highest BCUT2D eigenvalue weighted by Gasteiger charge is 2.47. The first-order valence-electron chi connectivity index (χ1n) is 9.47. The molecule has 154 valence electrons. The SMILES string of the molecule is COc1cccc(C(O)=C2C(=O)C(=O)N(CCCN(C)C)[C@@H]2c2ccc(C)o2)c1. The van der Waals surface area contributed by atoms with E-state index in [2.05, 4.69) is 0 Å². The summed E-state index contributed by atoms with van der Waals surface area (Å²) in [6.07, 6.45) is 0.690. The molecule has 29 heavy (non-hydrogen) atoms. The summed E-state index contributed by atoms with van der Waals surface area (Å²) in [7, 11) is 5.42. The van der Waals surface area contributed by atoms with E-state index in [1.807, 2.05) is 19.0 Å². The van der Waals surface area contributed by atoms with E-state index in [-0.39, 0.29) is 11.3 Å². The van der Waals surface area contributed by atoms with Crippen molar-refractivity contribution in [3.8, 4) is 5.75 Å². The van der Waals surface area contributed by atoms with Crippen LogP contribution in [0.5, 0.6) is 5.75 Å². The Balaban J connectivity index is 2.07. The second-order valence-electron chi connectivity index (χ2n) is 7.33. The van der Waals surface area contributed by atoms with E-state index in [1.54, 1.807) is 43.3 Å². The maximum atomic E-state index is 12.9. The summed E-state index contributed by atoms with van der Waals surface area (Å²) in [5, 5.41) is 11.0. The van der Waals surface area contributed by atoms with Crippen LogP contribution in [0.3, 0.4) is 0 Å². The molecule has 1 aromatic heterocycles. The fraction of sp³-hybridized carbons (Fsp3) is 0.364. The molecule has 0 radical (unpaired) electrons. The van der Waals surface area contributed by atoms with Crippen LogP contribution >= 0.6 is 0 Å². The maximum absolute atomic E-state index is 12.9. The molecule has 3 rings (SSSR count). The van der Waals surface area contributed by atoms with Crippen molar-refractivity contribution in [1.29, 1.82) is 0 Å². The highest BCUT2D eigenvalue weighted by atomic mass is 16.5. The average Bonchev–Trinajstić information content (AvgIpc) is 3.23. The molecule has 7 nitrogen and oxygen atoms in total. The maximum Gasteiger partial charge on any atom is 0.295 e. The highest BCUT2D eigenvalue weighted by Crippen LogP contribution is 2.40. The molecule has 0 unspecified atom stereocenters. The smallest absolute Gasteiger partial charge is 0.295 e. The Morgan fingerprint density at radius 3 is 2.62 bits per heavy atom. The van der Waals surface area contributed by atoms with E-state index in [0.29, 0.717) is 35.8 Å². The van der Waals surface area contributed by atoms with Gasteiger partial charge in [-0.15, -0.1) is 0 Å². The lowest BCUT2D eigenvalue weighted by Crippen LogP contribution is -2.32. The number of nitrogens with zero attached hydrogens (tertiary/aromatic N) is 2. The predicted molar refractivity (Wildman–Crippen MR) is 109 cm³/mol. The Labute approximate surface area is 170 Å². The van der Waals surface area contributed by atoms with Gasteiger partial charge in [-0.2, -0.15) is 0 Å². The van der Waals surface area contributed by atoms with E-state index in [1.165, 1.54) is 12.0 Å². The number of rotatable bonds is 7. The minimum absolute atomic E-state index is 0.0301. The Hall–Kier alpha value is -3.06. The number of likely N-dealkylation sites (tertiary alicyclic amines) is 1. The normalized spacial score (nSPS) is 18.7. The van der Waals surface area contributed by atoms with Crippen LogP contribution < -0.4 is 4.74 Å². The first-order valence-corrected chi connectivity index (χ1v) is 9.47. The lowest BCUT2D eigenvalue weighted by atomic mass is 9.99. The van der Waals surface area contributed by atoms with Gasteiger partial charge < -0.3 is 24.1 Å². The summed E-state index contributed by atoms with van der Waals surface area (Å²) >= 11 is 0. The second kappa shape index (κ2) is 8.53. The van der Waals surface area contributed by atoms with Crippen LogP contribution in [0.15, 0.2) is 46.4 Å². The molecule has 7 heteroatoms. The van der Waals surface area contributed by atoms with Crippen molar-refractivity contribution in [1.82, 2.24) is 9.80 Å². The summed E-state index contributed by atoms with van der Waals surface area (Å²) in [6.45, 7) is 2.94. The molecule has 1 saturated heterocycles. The Bertz CT molecular complexity index is 944. The molecule has 0 aliphatic carbocycles. The minimum Gasteiger partial charge on any atom is -0.507 e. The van der Waals surface area contributed by atoms with Crippen LogP contribution in [0.4, 0.5) is 0 Å². The third kappa shape index (κ3) is 4.19. The standard InChI is InChI=1S/C22H26N2O5/c1-14-9-10-17(29-14)19-18(20(25)15-7-5-8-16(13-15)28-4)21(26)22(27)24(19)12-6-11-23(2)3/h5,7-10,13,19,25H,6,11-12H2,1-4H3/t19-/m1/s1. The molecule has 1 fully saturated rings. The number of aryl methyl sites for hydroxylation is 1. The van der Waals surface area contributed by atoms with E-state index in [0.717, 1.165) is 6.54 Å². The van der Waals surface area contributed by atoms with Crippen LogP contribution in [0, 0.1) is 6.92 Å². The van der Waals surface area contributed by atoms with Crippen molar-refractivity contribution in [2.45, 2.75) is 19.4 Å². The number of ketones is 1. The van der Waals surface area contributed by atoms with Crippen LogP contribution in [-0.4, -0.2) is 60.9 Å². The number of furan rings is 1. The summed E-state index contributed by atoms with van der Waals surface area (Å²) in [5.41, 5.74) is 0.436. The molecule has 1 aromatic carbocycles. The Morgan fingerprint density at radius 2 is 2.00 bits per heavy atom. The van der Waals surface area contributed by atoms with Crippen LogP contribution in [-0.2, 0) is 9.59 Å². The van der Waals surface area contributed by atoms with Crippen LogP contribution in [0.2, 0.25) is 0 Å². The molecule has 0 saturated carbocycles. The first kappa shape index (κ1) is 20.7. The molecular weight excluding hydrogens is 372 g/mol. The zero-order valence-corrected chi connectivity index (χ0v) is 17.1. The molecule has 1 N–H and O–H groups in total. The van der Waals surface area contributed by atoms with Gasteiger partial charge in [-0.05, 0) is 58.3 Å². The number of amides is 1. The van der Waals surface area contributed by atoms with Crippen molar-refractivity contribution in [2.75, 3.05) is 34.3 Å². The van der Waals surface area contributed by atoms with Gasteiger partial charge in [0.25, 0.3) is 11.7 Å². The largest absolute Gasteiger partial charge is 0.507 e. The third-order valence-corrected chi connectivity index (χ3v) is 4.92. The van der Waals surface area contributed by atoms with Crippen molar-refractivity contribution in [2.24, 2.45) is 0 Å². The second-order valence-corrected chi connectivity index (χ2v) is 7.33. The number of carbonyl (C=O) groups is 2. The average molecular weight is 398 g/mol. The number of benzene rings is 1. The number of Topliss-reactive ketones (excluding diaryl/α,β-unsaturated/α-hetero) is 1. The zero-order valence-electron chi connectivity index (χ0n) is 17.1. The number of aliphatic hydroxyl groups excluding tert-OH is 1. The van der Waals surface area contributed by atoms with E-state index in [9.17, 15) is 14.7 Å². The van der Waals surface area contributed by atoms with Gasteiger partial charge in [0.15, 0.2) is 0 Å². The minimum atomic E-state index is -0.767. The van der Waals surface area contributed by atoms with Crippen molar-refractivity contribution < 1.29 is 23.8 Å². The molecule has 0 spiro atoms. The fourth-order valence-electron chi connectivity index (χ4n) is 3.49. The van der Waals surface area contributed by atoms with Gasteiger partial charge in [0.2, 0.25) is 0 Å². The van der Waals surface area contributed by atoms with Gasteiger partial charge in [-0.3, -0.25) is 9.59 Å². The van der Waals surface area contributed by atoms with Gasteiger partial charge in [0.05, 0.1) is 12.7 Å². The molecule has 1 aliphatic rings. The van der Waals surface area contributed by atoms with Gasteiger partial charge in [-0.25, -0.2) is 0 Å². The molecule has 1 atom stereocenters. The number of hydrogen-bond acceptors (Lipinski definition) is 6. The predicted octanol–water partition coefficient (Wildman–Crippen LogP) is 2.97. The van der Waals surface area contributed by atoms with E-state index in [4.69, 9.17) is 9.15 Å². The number of carbonyl (C=O) groups excluding carboxylic acids is 2. The molecule has 1 amide bonds. The summed E-state index contributed by atoms with van der Waals surface area (Å²) in [4.78, 5) is 29.2. The highest BCUT2D eigenvalue weighted by molar-refractivity contribution is 6.46. The monoisotopic (exact) mass is 398 g/mol. The third-order valence-electron chi connectivity index (χ3n) is 4.92. The Kier molecular flexibility index (Phi) is 6.08. The van der Waals surface area contributed by atoms with E-state index >= 15 is 0 Å². The first-order chi connectivity index (χ1) is 13.8. The lowest BCUT2D eigenvalue weighted by molar-refractivity contribution is -0.140. The quantitative estimate of drug-likeness (QED) is 0.439. The van der Waals surface area contributed by atoms with Crippen LogP contribution in [0.1, 0.15) is 29.5 Å². The Morgan fingerprint density at radius 1 is 1.24 bits per heavy atom. The lowest BCUT2D eigenvalue weighted by Gasteiger charge is -2.24. The van der Waals surface area contributed by atoms with Gasteiger partial charge in [0.1, 0.15) is 29.1 Å².